The van der Waals surface area contributed by atoms with E-state index in [1.807, 2.05) is 30.3 Å². The number of anilines is 1. The van der Waals surface area contributed by atoms with Crippen LogP contribution in [0, 0.1) is 12.7 Å². The number of hydrogen-bond donors (Lipinski definition) is 1. The lowest BCUT2D eigenvalue weighted by Crippen LogP contribution is -2.21. The Morgan fingerprint density at radius 3 is 2.72 bits per heavy atom. The molecule has 0 radical (unpaired) electrons. The van der Waals surface area contributed by atoms with Crippen LogP contribution in [0.4, 0.5) is 10.1 Å². The van der Waals surface area contributed by atoms with Crippen molar-refractivity contribution >= 4 is 44.7 Å². The first-order valence-electron chi connectivity index (χ1n) is 8.73. The number of nitrogens with one attached hydrogen (secondary N) is 1. The first kappa shape index (κ1) is 19.3. The Labute approximate surface area is 174 Å². The van der Waals surface area contributed by atoms with Gasteiger partial charge in [0.05, 0.1) is 28.2 Å². The Kier molecular flexibility index (Phi) is 5.17. The predicted octanol–water partition coefficient (Wildman–Crippen LogP) is 4.86. The van der Waals surface area contributed by atoms with Crippen molar-refractivity contribution in [1.82, 2.24) is 9.55 Å². The molecule has 4 rings (SSSR count). The van der Waals surface area contributed by atoms with Gasteiger partial charge in [0, 0.05) is 5.69 Å². The van der Waals surface area contributed by atoms with Crippen LogP contribution in [0.2, 0.25) is 5.02 Å². The monoisotopic (exact) mass is 427 g/mol. The molecule has 2 aromatic carbocycles. The number of fused-ring (bicyclic) bond motifs is 1. The molecule has 0 aliphatic rings. The number of rotatable bonds is 4. The third kappa shape index (κ3) is 3.79. The first-order chi connectivity index (χ1) is 13.9. The molecule has 0 fully saturated rings. The fourth-order valence-corrected chi connectivity index (χ4v) is 4.25. The average molecular weight is 428 g/mol. The third-order valence-corrected chi connectivity index (χ3v) is 5.98. The molecule has 0 spiro atoms. The summed E-state index contributed by atoms with van der Waals surface area (Å²) in [7, 11) is 0. The van der Waals surface area contributed by atoms with Crippen LogP contribution in [-0.2, 0) is 6.54 Å². The highest BCUT2D eigenvalue weighted by molar-refractivity contribution is 7.20. The Balaban J connectivity index is 1.68. The minimum atomic E-state index is -0.564. The molecule has 0 atom stereocenters. The van der Waals surface area contributed by atoms with Gasteiger partial charge in [-0.2, -0.15) is 0 Å². The second-order valence-corrected chi connectivity index (χ2v) is 7.89. The molecular formula is C21H15ClFN3O2S. The van der Waals surface area contributed by atoms with Crippen LogP contribution in [-0.4, -0.2) is 15.5 Å². The Bertz CT molecular complexity index is 1280. The average Bonchev–Trinajstić information content (AvgIpc) is 3.05. The highest BCUT2D eigenvalue weighted by atomic mass is 35.5. The largest absolute Gasteiger partial charge is 0.321 e. The lowest BCUT2D eigenvalue weighted by atomic mass is 10.2. The highest BCUT2D eigenvalue weighted by Crippen LogP contribution is 2.28. The summed E-state index contributed by atoms with van der Waals surface area (Å²) in [6.45, 7) is 2.12. The molecule has 5 nitrogen and oxygen atoms in total. The first-order valence-corrected chi connectivity index (χ1v) is 9.92. The second-order valence-electron chi connectivity index (χ2n) is 6.48. The van der Waals surface area contributed by atoms with Gasteiger partial charge in [-0.05, 0) is 36.2 Å². The summed E-state index contributed by atoms with van der Waals surface area (Å²) in [5.74, 6) is -0.965. The molecule has 0 saturated heterocycles. The number of carbonyl (C=O) groups is 1. The van der Waals surface area contributed by atoms with E-state index in [-0.39, 0.29) is 10.6 Å². The Morgan fingerprint density at radius 2 is 2.00 bits per heavy atom. The number of amides is 1. The van der Waals surface area contributed by atoms with Crippen LogP contribution in [0.15, 0.2) is 59.7 Å². The molecule has 0 aliphatic carbocycles. The number of halogens is 2. The smallest absolute Gasteiger partial charge is 0.266 e. The van der Waals surface area contributed by atoms with Crippen molar-refractivity contribution in [3.63, 3.8) is 0 Å². The molecule has 2 heterocycles. The Hall–Kier alpha value is -3.03. The zero-order valence-electron chi connectivity index (χ0n) is 15.3. The van der Waals surface area contributed by atoms with Gasteiger partial charge in [0.2, 0.25) is 0 Å². The Morgan fingerprint density at radius 1 is 1.24 bits per heavy atom. The number of thiophene rings is 1. The normalized spacial score (nSPS) is 11.0. The molecule has 0 saturated carbocycles. The number of hydrogen-bond acceptors (Lipinski definition) is 4. The lowest BCUT2D eigenvalue weighted by molar-refractivity contribution is 0.103. The van der Waals surface area contributed by atoms with Crippen molar-refractivity contribution in [1.29, 1.82) is 0 Å². The van der Waals surface area contributed by atoms with Gasteiger partial charge in [0.15, 0.2) is 0 Å². The van der Waals surface area contributed by atoms with E-state index >= 15 is 0 Å². The predicted molar refractivity (Wildman–Crippen MR) is 114 cm³/mol. The van der Waals surface area contributed by atoms with E-state index in [1.165, 1.54) is 29.1 Å². The van der Waals surface area contributed by atoms with Crippen LogP contribution in [0.5, 0.6) is 0 Å². The van der Waals surface area contributed by atoms with Gasteiger partial charge in [0.25, 0.3) is 11.5 Å². The zero-order chi connectivity index (χ0) is 20.5. The van der Waals surface area contributed by atoms with Gasteiger partial charge in [-0.25, -0.2) is 9.37 Å². The summed E-state index contributed by atoms with van der Waals surface area (Å²) in [5, 5.41) is 3.03. The van der Waals surface area contributed by atoms with E-state index in [4.69, 9.17) is 11.6 Å². The number of benzene rings is 2. The summed E-state index contributed by atoms with van der Waals surface area (Å²) in [6.07, 6.45) is 1.50. The van der Waals surface area contributed by atoms with Crippen LogP contribution in [0.25, 0.3) is 10.2 Å². The third-order valence-electron chi connectivity index (χ3n) is 4.50. The molecule has 29 heavy (non-hydrogen) atoms. The fourth-order valence-electron chi connectivity index (χ4n) is 3.03. The van der Waals surface area contributed by atoms with E-state index < -0.39 is 11.7 Å². The minimum absolute atomic E-state index is 0.0821. The minimum Gasteiger partial charge on any atom is -0.321 e. The molecule has 4 aromatic rings. The molecule has 0 bridgehead atoms. The van der Waals surface area contributed by atoms with Crippen molar-refractivity contribution in [2.45, 2.75) is 13.5 Å². The van der Waals surface area contributed by atoms with Crippen LogP contribution >= 0.6 is 22.9 Å². The second kappa shape index (κ2) is 7.77. The van der Waals surface area contributed by atoms with Gasteiger partial charge in [0.1, 0.15) is 10.6 Å². The number of carbonyl (C=O) groups excluding carboxylic acids is 1. The van der Waals surface area contributed by atoms with E-state index in [2.05, 4.69) is 10.3 Å². The van der Waals surface area contributed by atoms with Crippen molar-refractivity contribution in [2.24, 2.45) is 0 Å². The van der Waals surface area contributed by atoms with Gasteiger partial charge in [-0.1, -0.05) is 41.9 Å². The fraction of sp³-hybridized carbons (Fsp3) is 0.0952. The molecule has 1 N–H and O–H groups in total. The molecular weight excluding hydrogens is 413 g/mol. The molecule has 146 valence electrons. The van der Waals surface area contributed by atoms with E-state index in [0.717, 1.165) is 16.9 Å². The maximum absolute atomic E-state index is 13.3. The van der Waals surface area contributed by atoms with Crippen LogP contribution in [0.1, 0.15) is 20.8 Å². The summed E-state index contributed by atoms with van der Waals surface area (Å²) >= 11 is 6.91. The van der Waals surface area contributed by atoms with Gasteiger partial charge in [-0.3, -0.25) is 14.2 Å². The standard InChI is InChI=1S/C21H15ClFN3O2S/c1-12-17-20(24-11-26(21(17)28)10-13-5-3-2-4-6-13)29-18(12)19(27)25-14-7-8-16(23)15(22)9-14/h2-9,11H,10H2,1H3,(H,25,27). The van der Waals surface area contributed by atoms with Crippen molar-refractivity contribution in [2.75, 3.05) is 5.32 Å². The number of aromatic nitrogens is 2. The molecule has 0 unspecified atom stereocenters. The summed E-state index contributed by atoms with van der Waals surface area (Å²) in [5.41, 5.74) is 1.72. The SMILES string of the molecule is Cc1c(C(=O)Nc2ccc(F)c(Cl)c2)sc2ncn(Cc3ccccc3)c(=O)c12. The van der Waals surface area contributed by atoms with E-state index in [9.17, 15) is 14.0 Å². The summed E-state index contributed by atoms with van der Waals surface area (Å²) in [4.78, 5) is 30.9. The molecule has 1 amide bonds. The summed E-state index contributed by atoms with van der Waals surface area (Å²) < 4.78 is 14.8. The summed E-state index contributed by atoms with van der Waals surface area (Å²) in [6, 6.07) is 13.5. The highest BCUT2D eigenvalue weighted by Gasteiger charge is 2.20. The lowest BCUT2D eigenvalue weighted by Gasteiger charge is -2.06. The quantitative estimate of drug-likeness (QED) is 0.506. The number of aryl methyl sites for hydroxylation is 1. The topological polar surface area (TPSA) is 64.0 Å². The maximum atomic E-state index is 13.3. The van der Waals surface area contributed by atoms with Gasteiger partial charge < -0.3 is 5.32 Å². The van der Waals surface area contributed by atoms with E-state index in [1.54, 1.807) is 6.92 Å². The van der Waals surface area contributed by atoms with Crippen LogP contribution < -0.4 is 10.9 Å². The maximum Gasteiger partial charge on any atom is 0.266 e. The van der Waals surface area contributed by atoms with E-state index in [0.29, 0.717) is 32.9 Å². The molecule has 8 heteroatoms. The molecule has 2 aromatic heterocycles. The molecule has 0 aliphatic heterocycles. The number of nitrogens with zero attached hydrogens (tertiary/aromatic N) is 2. The van der Waals surface area contributed by atoms with Gasteiger partial charge in [-0.15, -0.1) is 11.3 Å². The van der Waals surface area contributed by atoms with Crippen molar-refractivity contribution in [3.8, 4) is 0 Å². The van der Waals surface area contributed by atoms with Crippen molar-refractivity contribution < 1.29 is 9.18 Å². The van der Waals surface area contributed by atoms with Crippen molar-refractivity contribution in [3.05, 3.63) is 92.1 Å². The van der Waals surface area contributed by atoms with Gasteiger partial charge >= 0.3 is 0 Å². The zero-order valence-corrected chi connectivity index (χ0v) is 16.9. The van der Waals surface area contributed by atoms with Crippen LogP contribution in [0.3, 0.4) is 0 Å².